The third kappa shape index (κ3) is 3.61. The summed E-state index contributed by atoms with van der Waals surface area (Å²) in [5.74, 6) is 0. The highest BCUT2D eigenvalue weighted by atomic mass is 16.3. The SMILES string of the molecule is CCCCCCCC(O)c1c(C)ccc2ccccc12. The van der Waals surface area contributed by atoms with Crippen molar-refractivity contribution in [3.63, 3.8) is 0 Å². The molecule has 1 N–H and O–H groups in total. The molecule has 108 valence electrons. The molecular weight excluding hydrogens is 244 g/mol. The Morgan fingerprint density at radius 3 is 2.50 bits per heavy atom. The van der Waals surface area contributed by atoms with Crippen LogP contribution in [-0.4, -0.2) is 5.11 Å². The molecule has 0 saturated heterocycles. The van der Waals surface area contributed by atoms with Gasteiger partial charge in [-0.3, -0.25) is 0 Å². The van der Waals surface area contributed by atoms with E-state index in [1.807, 2.05) is 0 Å². The van der Waals surface area contributed by atoms with E-state index in [4.69, 9.17) is 0 Å². The minimum atomic E-state index is -0.331. The molecule has 1 nitrogen and oxygen atoms in total. The fraction of sp³-hybridized carbons (Fsp3) is 0.474. The zero-order valence-electron chi connectivity index (χ0n) is 12.7. The van der Waals surface area contributed by atoms with Crippen LogP contribution in [0.15, 0.2) is 36.4 Å². The molecule has 1 unspecified atom stereocenters. The molecule has 0 aromatic heterocycles. The summed E-state index contributed by atoms with van der Waals surface area (Å²) in [6.45, 7) is 4.33. The average molecular weight is 270 g/mol. The predicted octanol–water partition coefficient (Wildman–Crippen LogP) is 5.54. The van der Waals surface area contributed by atoms with E-state index in [1.165, 1.54) is 42.0 Å². The second-order valence-corrected chi connectivity index (χ2v) is 5.74. The predicted molar refractivity (Wildman–Crippen MR) is 87.0 cm³/mol. The van der Waals surface area contributed by atoms with Crippen molar-refractivity contribution in [1.82, 2.24) is 0 Å². The summed E-state index contributed by atoms with van der Waals surface area (Å²) in [5, 5.41) is 13.0. The van der Waals surface area contributed by atoms with E-state index in [0.717, 1.165) is 18.4 Å². The molecule has 0 saturated carbocycles. The summed E-state index contributed by atoms with van der Waals surface area (Å²) in [4.78, 5) is 0. The number of benzene rings is 2. The topological polar surface area (TPSA) is 20.2 Å². The minimum absolute atomic E-state index is 0.331. The quantitative estimate of drug-likeness (QED) is 0.655. The van der Waals surface area contributed by atoms with Gasteiger partial charge in [0.05, 0.1) is 6.10 Å². The van der Waals surface area contributed by atoms with Gasteiger partial charge in [0.2, 0.25) is 0 Å². The van der Waals surface area contributed by atoms with Gasteiger partial charge in [-0.15, -0.1) is 0 Å². The summed E-state index contributed by atoms with van der Waals surface area (Å²) in [6, 6.07) is 12.6. The zero-order valence-corrected chi connectivity index (χ0v) is 12.7. The molecule has 0 bridgehead atoms. The van der Waals surface area contributed by atoms with Gasteiger partial charge < -0.3 is 5.11 Å². The number of unbranched alkanes of at least 4 members (excludes halogenated alkanes) is 4. The van der Waals surface area contributed by atoms with Gasteiger partial charge in [-0.1, -0.05) is 75.4 Å². The number of hydrogen-bond acceptors (Lipinski definition) is 1. The highest BCUT2D eigenvalue weighted by molar-refractivity contribution is 5.87. The van der Waals surface area contributed by atoms with Crippen molar-refractivity contribution in [1.29, 1.82) is 0 Å². The fourth-order valence-corrected chi connectivity index (χ4v) is 2.93. The molecule has 0 aliphatic heterocycles. The molecule has 20 heavy (non-hydrogen) atoms. The van der Waals surface area contributed by atoms with Crippen molar-refractivity contribution in [3.8, 4) is 0 Å². The maximum atomic E-state index is 10.6. The Morgan fingerprint density at radius 1 is 0.950 bits per heavy atom. The first-order valence-corrected chi connectivity index (χ1v) is 7.90. The number of aryl methyl sites for hydroxylation is 1. The fourth-order valence-electron chi connectivity index (χ4n) is 2.93. The van der Waals surface area contributed by atoms with Crippen LogP contribution in [0.1, 0.15) is 62.7 Å². The molecule has 1 heteroatoms. The molecule has 0 fully saturated rings. The lowest BCUT2D eigenvalue weighted by Gasteiger charge is -2.16. The number of aliphatic hydroxyl groups excluding tert-OH is 1. The number of fused-ring (bicyclic) bond motifs is 1. The van der Waals surface area contributed by atoms with Crippen LogP contribution in [0.2, 0.25) is 0 Å². The molecule has 1 atom stereocenters. The van der Waals surface area contributed by atoms with Gasteiger partial charge in [-0.2, -0.15) is 0 Å². The van der Waals surface area contributed by atoms with Crippen LogP contribution < -0.4 is 0 Å². The Hall–Kier alpha value is -1.34. The summed E-state index contributed by atoms with van der Waals surface area (Å²) in [5.41, 5.74) is 2.32. The molecule has 0 radical (unpaired) electrons. The highest BCUT2D eigenvalue weighted by Crippen LogP contribution is 2.30. The molecule has 0 amide bonds. The highest BCUT2D eigenvalue weighted by Gasteiger charge is 2.13. The summed E-state index contributed by atoms with van der Waals surface area (Å²) >= 11 is 0. The van der Waals surface area contributed by atoms with Crippen molar-refractivity contribution in [3.05, 3.63) is 47.5 Å². The normalized spacial score (nSPS) is 12.8. The largest absolute Gasteiger partial charge is 0.388 e. The van der Waals surface area contributed by atoms with Crippen LogP contribution in [-0.2, 0) is 0 Å². The lowest BCUT2D eigenvalue weighted by molar-refractivity contribution is 0.164. The van der Waals surface area contributed by atoms with Crippen molar-refractivity contribution in [2.75, 3.05) is 0 Å². The average Bonchev–Trinajstić information content (AvgIpc) is 2.46. The van der Waals surface area contributed by atoms with Crippen LogP contribution in [0.4, 0.5) is 0 Å². The van der Waals surface area contributed by atoms with Crippen molar-refractivity contribution >= 4 is 10.8 Å². The standard InChI is InChI=1S/C19H26O/c1-3-4-5-6-7-12-18(20)19-15(2)13-14-16-10-8-9-11-17(16)19/h8-11,13-14,18,20H,3-7,12H2,1-2H3. The van der Waals surface area contributed by atoms with Crippen LogP contribution in [0.5, 0.6) is 0 Å². The first kappa shape index (κ1) is 15.1. The Morgan fingerprint density at radius 2 is 1.70 bits per heavy atom. The summed E-state index contributed by atoms with van der Waals surface area (Å²) in [7, 11) is 0. The van der Waals surface area contributed by atoms with Crippen molar-refractivity contribution < 1.29 is 5.11 Å². The monoisotopic (exact) mass is 270 g/mol. The molecule has 0 aliphatic carbocycles. The third-order valence-electron chi connectivity index (χ3n) is 4.10. The Bertz CT molecular complexity index is 544. The second-order valence-electron chi connectivity index (χ2n) is 5.74. The molecule has 2 aromatic rings. The van der Waals surface area contributed by atoms with Gasteiger partial charge in [0.25, 0.3) is 0 Å². The lowest BCUT2D eigenvalue weighted by Crippen LogP contribution is -2.01. The van der Waals surface area contributed by atoms with E-state index in [2.05, 4.69) is 50.2 Å². The van der Waals surface area contributed by atoms with Crippen molar-refractivity contribution in [2.45, 2.75) is 58.5 Å². The second kappa shape index (κ2) is 7.44. The van der Waals surface area contributed by atoms with E-state index in [1.54, 1.807) is 0 Å². The van der Waals surface area contributed by atoms with E-state index >= 15 is 0 Å². The molecule has 0 aliphatic rings. The van der Waals surface area contributed by atoms with Gasteiger partial charge in [0.1, 0.15) is 0 Å². The summed E-state index contributed by atoms with van der Waals surface area (Å²) in [6.07, 6.45) is 6.76. The summed E-state index contributed by atoms with van der Waals surface area (Å²) < 4.78 is 0. The molecule has 0 spiro atoms. The van der Waals surface area contributed by atoms with E-state index < -0.39 is 0 Å². The molecular formula is C19H26O. The maximum absolute atomic E-state index is 10.6. The Balaban J connectivity index is 2.09. The maximum Gasteiger partial charge on any atom is 0.0798 e. The number of hydrogen-bond donors (Lipinski definition) is 1. The van der Waals surface area contributed by atoms with Gasteiger partial charge in [-0.25, -0.2) is 0 Å². The smallest absolute Gasteiger partial charge is 0.0798 e. The van der Waals surface area contributed by atoms with Gasteiger partial charge in [0.15, 0.2) is 0 Å². The minimum Gasteiger partial charge on any atom is -0.388 e. The number of rotatable bonds is 7. The molecule has 0 heterocycles. The zero-order chi connectivity index (χ0) is 14.4. The Labute approximate surface area is 122 Å². The van der Waals surface area contributed by atoms with Crippen LogP contribution in [0, 0.1) is 6.92 Å². The van der Waals surface area contributed by atoms with Crippen LogP contribution in [0.25, 0.3) is 10.8 Å². The van der Waals surface area contributed by atoms with Crippen LogP contribution in [0.3, 0.4) is 0 Å². The van der Waals surface area contributed by atoms with Crippen LogP contribution >= 0.6 is 0 Å². The third-order valence-corrected chi connectivity index (χ3v) is 4.10. The number of aliphatic hydroxyl groups is 1. The lowest BCUT2D eigenvalue weighted by atomic mass is 9.93. The van der Waals surface area contributed by atoms with Gasteiger partial charge in [0, 0.05) is 0 Å². The van der Waals surface area contributed by atoms with E-state index in [-0.39, 0.29) is 6.10 Å². The van der Waals surface area contributed by atoms with E-state index in [9.17, 15) is 5.11 Å². The van der Waals surface area contributed by atoms with E-state index in [0.29, 0.717) is 0 Å². The molecule has 2 rings (SSSR count). The Kier molecular flexibility index (Phi) is 5.60. The van der Waals surface area contributed by atoms with Gasteiger partial charge >= 0.3 is 0 Å². The first-order valence-electron chi connectivity index (χ1n) is 7.90. The van der Waals surface area contributed by atoms with Gasteiger partial charge in [-0.05, 0) is 35.2 Å². The molecule has 2 aromatic carbocycles. The first-order chi connectivity index (χ1) is 9.74. The van der Waals surface area contributed by atoms with Crippen molar-refractivity contribution in [2.24, 2.45) is 0 Å².